The second kappa shape index (κ2) is 5.66. The van der Waals surface area contributed by atoms with Crippen molar-refractivity contribution in [3.8, 4) is 0 Å². The highest BCUT2D eigenvalue weighted by molar-refractivity contribution is 5.93. The molecular formula is C10H15N. The minimum atomic E-state index is 0.982. The summed E-state index contributed by atoms with van der Waals surface area (Å²) in [4.78, 5) is 4.28. The van der Waals surface area contributed by atoms with Crippen LogP contribution in [0.15, 0.2) is 41.6 Å². The predicted octanol–water partition coefficient (Wildman–Crippen LogP) is 3.11. The lowest BCUT2D eigenvalue weighted by atomic mass is 10.3. The number of allylic oxidation sites excluding steroid dienone is 5. The molecule has 0 N–H and O–H groups in total. The minimum Gasteiger partial charge on any atom is -0.259 e. The van der Waals surface area contributed by atoms with Crippen LogP contribution in [-0.4, -0.2) is 5.71 Å². The van der Waals surface area contributed by atoms with Crippen LogP contribution in [-0.2, 0) is 0 Å². The monoisotopic (exact) mass is 149 g/mol. The van der Waals surface area contributed by atoms with Gasteiger partial charge in [0.25, 0.3) is 0 Å². The first-order chi connectivity index (χ1) is 5.20. The summed E-state index contributed by atoms with van der Waals surface area (Å²) < 4.78 is 0. The third-order valence-electron chi connectivity index (χ3n) is 1.12. The van der Waals surface area contributed by atoms with Gasteiger partial charge in [-0.15, -0.1) is 0 Å². The van der Waals surface area contributed by atoms with E-state index >= 15 is 0 Å². The molecule has 0 unspecified atom stereocenters. The highest BCUT2D eigenvalue weighted by atomic mass is 14.7. The normalized spacial score (nSPS) is 14.1. The second-order valence-corrected chi connectivity index (χ2v) is 2.30. The summed E-state index contributed by atoms with van der Waals surface area (Å²) in [5, 5.41) is 0. The summed E-state index contributed by atoms with van der Waals surface area (Å²) >= 11 is 0. The summed E-state index contributed by atoms with van der Waals surface area (Å²) in [6, 6.07) is 0. The summed E-state index contributed by atoms with van der Waals surface area (Å²) in [5.41, 5.74) is 2.00. The molecule has 0 aliphatic heterocycles. The van der Waals surface area contributed by atoms with E-state index in [9.17, 15) is 0 Å². The Morgan fingerprint density at radius 2 is 2.00 bits per heavy atom. The van der Waals surface area contributed by atoms with Crippen molar-refractivity contribution in [2.45, 2.75) is 20.8 Å². The lowest BCUT2D eigenvalue weighted by Crippen LogP contribution is -1.83. The van der Waals surface area contributed by atoms with Crippen LogP contribution in [0.2, 0.25) is 0 Å². The summed E-state index contributed by atoms with van der Waals surface area (Å²) in [5.74, 6) is 0. The van der Waals surface area contributed by atoms with Crippen molar-refractivity contribution < 1.29 is 0 Å². The molecule has 0 heterocycles. The average molecular weight is 149 g/mol. The molecule has 60 valence electrons. The van der Waals surface area contributed by atoms with E-state index in [0.717, 1.165) is 11.4 Å². The van der Waals surface area contributed by atoms with Crippen LogP contribution in [0.25, 0.3) is 0 Å². The smallest absolute Gasteiger partial charge is 0.0375 e. The van der Waals surface area contributed by atoms with E-state index in [0.29, 0.717) is 0 Å². The van der Waals surface area contributed by atoms with Crippen molar-refractivity contribution in [2.24, 2.45) is 4.99 Å². The van der Waals surface area contributed by atoms with E-state index in [-0.39, 0.29) is 0 Å². The van der Waals surface area contributed by atoms with Crippen LogP contribution in [0.4, 0.5) is 0 Å². The third-order valence-corrected chi connectivity index (χ3v) is 1.12. The molecule has 0 radical (unpaired) electrons. The predicted molar refractivity (Wildman–Crippen MR) is 51.9 cm³/mol. The van der Waals surface area contributed by atoms with Gasteiger partial charge in [0.2, 0.25) is 0 Å². The van der Waals surface area contributed by atoms with E-state index < -0.39 is 0 Å². The van der Waals surface area contributed by atoms with Gasteiger partial charge in [0.1, 0.15) is 0 Å². The molecule has 0 rings (SSSR count). The highest BCUT2D eigenvalue weighted by Gasteiger charge is 1.82. The maximum Gasteiger partial charge on any atom is 0.0375 e. The molecule has 0 aromatic carbocycles. The van der Waals surface area contributed by atoms with Gasteiger partial charge < -0.3 is 0 Å². The quantitative estimate of drug-likeness (QED) is 0.432. The Morgan fingerprint density at radius 1 is 1.36 bits per heavy atom. The summed E-state index contributed by atoms with van der Waals surface area (Å²) in [6.45, 7) is 9.49. The molecule has 0 aromatic heterocycles. The van der Waals surface area contributed by atoms with Crippen LogP contribution >= 0.6 is 0 Å². The fraction of sp³-hybridized carbons (Fsp3) is 0.300. The van der Waals surface area contributed by atoms with Crippen molar-refractivity contribution in [2.75, 3.05) is 0 Å². The summed E-state index contributed by atoms with van der Waals surface area (Å²) in [6.07, 6.45) is 7.56. The van der Waals surface area contributed by atoms with Gasteiger partial charge in [-0.3, -0.25) is 4.99 Å². The first-order valence-corrected chi connectivity index (χ1v) is 3.68. The fourth-order valence-corrected chi connectivity index (χ4v) is 0.764. The van der Waals surface area contributed by atoms with Gasteiger partial charge in [-0.05, 0) is 32.9 Å². The number of rotatable bonds is 3. The minimum absolute atomic E-state index is 0.982. The van der Waals surface area contributed by atoms with Crippen molar-refractivity contribution >= 4 is 5.71 Å². The zero-order valence-electron chi connectivity index (χ0n) is 7.46. The number of aliphatic imine (C=N–C) groups is 1. The Labute approximate surface area is 68.9 Å². The summed E-state index contributed by atoms with van der Waals surface area (Å²) in [7, 11) is 0. The maximum atomic E-state index is 4.28. The molecule has 0 atom stereocenters. The van der Waals surface area contributed by atoms with E-state index in [1.54, 1.807) is 6.08 Å². The van der Waals surface area contributed by atoms with Gasteiger partial charge in [-0.1, -0.05) is 18.7 Å². The van der Waals surface area contributed by atoms with Crippen molar-refractivity contribution in [1.29, 1.82) is 0 Å². The molecule has 0 fully saturated rings. The van der Waals surface area contributed by atoms with Crippen molar-refractivity contribution in [3.05, 3.63) is 36.6 Å². The van der Waals surface area contributed by atoms with Crippen LogP contribution in [0.3, 0.4) is 0 Å². The molecule has 0 aliphatic carbocycles. The lowest BCUT2D eigenvalue weighted by molar-refractivity contribution is 1.30. The standard InChI is InChI=1S/C10H15N/c1-5-7-9(3)11-10(4)8-6-2/h5-8H,1H2,2-4H3/b8-6-,9-7+,11-10+. The molecule has 0 aliphatic rings. The van der Waals surface area contributed by atoms with E-state index in [1.807, 2.05) is 39.0 Å². The number of hydrogen-bond acceptors (Lipinski definition) is 1. The van der Waals surface area contributed by atoms with Gasteiger partial charge in [0, 0.05) is 11.4 Å². The van der Waals surface area contributed by atoms with E-state index in [1.165, 1.54) is 0 Å². The molecule has 0 aromatic rings. The van der Waals surface area contributed by atoms with Crippen LogP contribution < -0.4 is 0 Å². The zero-order valence-corrected chi connectivity index (χ0v) is 7.46. The first-order valence-electron chi connectivity index (χ1n) is 3.68. The number of hydrogen-bond donors (Lipinski definition) is 0. The van der Waals surface area contributed by atoms with Gasteiger partial charge in [0.05, 0.1) is 0 Å². The molecular weight excluding hydrogens is 134 g/mol. The Kier molecular flexibility index (Phi) is 5.09. The van der Waals surface area contributed by atoms with Crippen molar-refractivity contribution in [1.82, 2.24) is 0 Å². The molecule has 1 heteroatoms. The first kappa shape index (κ1) is 9.89. The van der Waals surface area contributed by atoms with Gasteiger partial charge >= 0.3 is 0 Å². The molecule has 0 saturated heterocycles. The molecule has 0 saturated carbocycles. The molecule has 1 nitrogen and oxygen atoms in total. The topological polar surface area (TPSA) is 12.4 Å². The third kappa shape index (κ3) is 5.34. The Balaban J connectivity index is 4.29. The molecule has 0 amide bonds. The molecule has 0 bridgehead atoms. The largest absolute Gasteiger partial charge is 0.259 e. The second-order valence-electron chi connectivity index (χ2n) is 2.30. The maximum absolute atomic E-state index is 4.28. The van der Waals surface area contributed by atoms with Gasteiger partial charge in [-0.2, -0.15) is 0 Å². The Hall–Kier alpha value is -1.11. The fourth-order valence-electron chi connectivity index (χ4n) is 0.764. The van der Waals surface area contributed by atoms with Crippen molar-refractivity contribution in [3.63, 3.8) is 0 Å². The highest BCUT2D eigenvalue weighted by Crippen LogP contribution is 1.96. The SMILES string of the molecule is C=C/C=C(C)/N=C(C)/C=C\C. The lowest BCUT2D eigenvalue weighted by Gasteiger charge is -1.91. The number of nitrogens with zero attached hydrogens (tertiary/aromatic N) is 1. The van der Waals surface area contributed by atoms with E-state index in [2.05, 4.69) is 11.6 Å². The zero-order chi connectivity index (χ0) is 8.69. The van der Waals surface area contributed by atoms with Gasteiger partial charge in [0.15, 0.2) is 0 Å². The Bertz CT molecular complexity index is 207. The van der Waals surface area contributed by atoms with Gasteiger partial charge in [-0.25, -0.2) is 0 Å². The Morgan fingerprint density at radius 3 is 2.45 bits per heavy atom. The molecule has 11 heavy (non-hydrogen) atoms. The van der Waals surface area contributed by atoms with Crippen LogP contribution in [0.5, 0.6) is 0 Å². The van der Waals surface area contributed by atoms with E-state index in [4.69, 9.17) is 0 Å². The molecule has 0 spiro atoms. The average Bonchev–Trinajstić information content (AvgIpc) is 1.87. The van der Waals surface area contributed by atoms with Crippen LogP contribution in [0, 0.1) is 0 Å². The van der Waals surface area contributed by atoms with Crippen LogP contribution in [0.1, 0.15) is 20.8 Å².